The zero-order valence-corrected chi connectivity index (χ0v) is 9.85. The Bertz CT molecular complexity index is 573. The van der Waals surface area contributed by atoms with Gasteiger partial charge in [0.15, 0.2) is 5.60 Å². The molecule has 2 rings (SSSR count). The Morgan fingerprint density at radius 2 is 1.74 bits per heavy atom. The van der Waals surface area contributed by atoms with Crippen LogP contribution in [-0.2, 0) is 9.59 Å². The molecule has 0 aliphatic heterocycles. The summed E-state index contributed by atoms with van der Waals surface area (Å²) in [4.78, 5) is 22.5. The van der Waals surface area contributed by atoms with E-state index in [9.17, 15) is 19.8 Å². The van der Waals surface area contributed by atoms with Crippen LogP contribution in [0.3, 0.4) is 0 Å². The summed E-state index contributed by atoms with van der Waals surface area (Å²) in [5, 5.41) is 28.4. The Kier molecular flexibility index (Phi) is 3.23. The monoisotopic (exact) mass is 260 g/mol. The van der Waals surface area contributed by atoms with E-state index >= 15 is 0 Å². The molecule has 0 fully saturated rings. The Labute approximate surface area is 109 Å². The van der Waals surface area contributed by atoms with Crippen LogP contribution < -0.4 is 0 Å². The number of carboxylic acids is 2. The van der Waals surface area contributed by atoms with Crippen molar-refractivity contribution >= 4 is 17.5 Å². The standard InChI is InChI=1S/C14H12O5/c15-12(16)11-10(9-5-2-1-3-6-9)7-4-8-14(11,19)13(17)18/h1-8,11,19H,(H,15,16)(H,17,18). The first-order valence-electron chi connectivity index (χ1n) is 5.60. The van der Waals surface area contributed by atoms with E-state index in [0.29, 0.717) is 5.56 Å². The second-order valence-electron chi connectivity index (χ2n) is 4.25. The molecule has 0 saturated heterocycles. The summed E-state index contributed by atoms with van der Waals surface area (Å²) in [5.41, 5.74) is -1.61. The summed E-state index contributed by atoms with van der Waals surface area (Å²) >= 11 is 0. The highest BCUT2D eigenvalue weighted by molar-refractivity contribution is 5.98. The number of carboxylic acid groups (broad SMARTS) is 2. The molecule has 98 valence electrons. The number of rotatable bonds is 3. The van der Waals surface area contributed by atoms with Gasteiger partial charge in [-0.1, -0.05) is 42.5 Å². The maximum atomic E-state index is 11.4. The number of allylic oxidation sites excluding steroid dienone is 2. The lowest BCUT2D eigenvalue weighted by atomic mass is 9.76. The Morgan fingerprint density at radius 3 is 2.26 bits per heavy atom. The molecule has 1 aliphatic rings. The average Bonchev–Trinajstić information content (AvgIpc) is 2.38. The van der Waals surface area contributed by atoms with Gasteiger partial charge < -0.3 is 15.3 Å². The van der Waals surface area contributed by atoms with Gasteiger partial charge in [-0.2, -0.15) is 0 Å². The Morgan fingerprint density at radius 1 is 1.11 bits per heavy atom. The van der Waals surface area contributed by atoms with Crippen LogP contribution >= 0.6 is 0 Å². The summed E-state index contributed by atoms with van der Waals surface area (Å²) < 4.78 is 0. The number of hydrogen-bond acceptors (Lipinski definition) is 3. The van der Waals surface area contributed by atoms with E-state index in [2.05, 4.69) is 0 Å². The molecule has 2 atom stereocenters. The van der Waals surface area contributed by atoms with Crippen molar-refractivity contribution in [1.82, 2.24) is 0 Å². The van der Waals surface area contributed by atoms with Crippen LogP contribution in [0.15, 0.2) is 48.6 Å². The van der Waals surface area contributed by atoms with E-state index in [4.69, 9.17) is 5.11 Å². The third-order valence-corrected chi connectivity index (χ3v) is 3.07. The Hall–Kier alpha value is -2.40. The third kappa shape index (κ3) is 2.15. The van der Waals surface area contributed by atoms with Crippen molar-refractivity contribution in [2.45, 2.75) is 5.60 Å². The number of hydrogen-bond donors (Lipinski definition) is 3. The van der Waals surface area contributed by atoms with Crippen molar-refractivity contribution in [3.63, 3.8) is 0 Å². The van der Waals surface area contributed by atoms with Gasteiger partial charge >= 0.3 is 11.9 Å². The van der Waals surface area contributed by atoms with E-state index in [1.165, 1.54) is 12.2 Å². The summed E-state index contributed by atoms with van der Waals surface area (Å²) in [5.74, 6) is -4.51. The fraction of sp³-hybridized carbons (Fsp3) is 0.143. The lowest BCUT2D eigenvalue weighted by molar-refractivity contribution is -0.164. The van der Waals surface area contributed by atoms with Crippen LogP contribution in [0, 0.1) is 5.92 Å². The normalized spacial score (nSPS) is 25.7. The zero-order valence-electron chi connectivity index (χ0n) is 9.85. The second-order valence-corrected chi connectivity index (χ2v) is 4.25. The largest absolute Gasteiger partial charge is 0.481 e. The van der Waals surface area contributed by atoms with Gasteiger partial charge in [0.1, 0.15) is 5.92 Å². The molecule has 0 saturated carbocycles. The average molecular weight is 260 g/mol. The summed E-state index contributed by atoms with van der Waals surface area (Å²) in [6.45, 7) is 0. The fourth-order valence-electron chi connectivity index (χ4n) is 2.14. The van der Waals surface area contributed by atoms with Crippen LogP contribution in [0.4, 0.5) is 0 Å². The minimum Gasteiger partial charge on any atom is -0.481 e. The van der Waals surface area contributed by atoms with E-state index in [1.807, 2.05) is 0 Å². The van der Waals surface area contributed by atoms with E-state index in [-0.39, 0.29) is 5.57 Å². The molecular weight excluding hydrogens is 248 g/mol. The van der Waals surface area contributed by atoms with Gasteiger partial charge in [-0.15, -0.1) is 0 Å². The SMILES string of the molecule is O=C(O)C1C(c2ccccc2)=CC=CC1(O)C(=O)O. The molecule has 3 N–H and O–H groups in total. The molecule has 0 heterocycles. The fourth-order valence-corrected chi connectivity index (χ4v) is 2.14. The van der Waals surface area contributed by atoms with Crippen molar-refractivity contribution in [2.75, 3.05) is 0 Å². The summed E-state index contributed by atoms with van der Waals surface area (Å²) in [6.07, 6.45) is 3.85. The van der Waals surface area contributed by atoms with Crippen molar-refractivity contribution < 1.29 is 24.9 Å². The first-order valence-corrected chi connectivity index (χ1v) is 5.60. The summed E-state index contributed by atoms with van der Waals surface area (Å²) in [7, 11) is 0. The maximum Gasteiger partial charge on any atom is 0.341 e. The topological polar surface area (TPSA) is 94.8 Å². The minimum absolute atomic E-state index is 0.264. The van der Waals surface area contributed by atoms with Crippen LogP contribution in [-0.4, -0.2) is 32.9 Å². The van der Waals surface area contributed by atoms with Gasteiger partial charge in [0.05, 0.1) is 0 Å². The first-order chi connectivity index (χ1) is 8.97. The minimum atomic E-state index is -2.44. The van der Waals surface area contributed by atoms with Crippen molar-refractivity contribution in [3.8, 4) is 0 Å². The van der Waals surface area contributed by atoms with Gasteiger partial charge in [0, 0.05) is 0 Å². The molecule has 1 aliphatic carbocycles. The van der Waals surface area contributed by atoms with Crippen molar-refractivity contribution in [1.29, 1.82) is 0 Å². The molecule has 2 unspecified atom stereocenters. The highest BCUT2D eigenvalue weighted by atomic mass is 16.4. The molecule has 1 aromatic carbocycles. The van der Waals surface area contributed by atoms with Crippen LogP contribution in [0.5, 0.6) is 0 Å². The molecule has 0 amide bonds. The molecule has 0 bridgehead atoms. The van der Waals surface area contributed by atoms with E-state index < -0.39 is 23.5 Å². The molecule has 19 heavy (non-hydrogen) atoms. The maximum absolute atomic E-state index is 11.4. The number of aliphatic hydroxyl groups is 1. The molecule has 5 heteroatoms. The van der Waals surface area contributed by atoms with Gasteiger partial charge in [-0.05, 0) is 17.2 Å². The first kappa shape index (κ1) is 13.0. The quantitative estimate of drug-likeness (QED) is 0.758. The molecule has 0 radical (unpaired) electrons. The van der Waals surface area contributed by atoms with Gasteiger partial charge in [-0.3, -0.25) is 4.79 Å². The highest BCUT2D eigenvalue weighted by Crippen LogP contribution is 2.36. The predicted molar refractivity (Wildman–Crippen MR) is 67.3 cm³/mol. The van der Waals surface area contributed by atoms with Crippen LogP contribution in [0.1, 0.15) is 5.56 Å². The van der Waals surface area contributed by atoms with Gasteiger partial charge in [0.2, 0.25) is 0 Å². The van der Waals surface area contributed by atoms with Crippen molar-refractivity contribution in [3.05, 3.63) is 54.1 Å². The predicted octanol–water partition coefficient (Wildman–Crippen LogP) is 1.16. The summed E-state index contributed by atoms with van der Waals surface area (Å²) in [6, 6.07) is 8.54. The molecule has 0 spiro atoms. The van der Waals surface area contributed by atoms with E-state index in [0.717, 1.165) is 6.08 Å². The van der Waals surface area contributed by atoms with Gasteiger partial charge in [-0.25, -0.2) is 4.79 Å². The molecule has 5 nitrogen and oxygen atoms in total. The smallest absolute Gasteiger partial charge is 0.341 e. The Balaban J connectivity index is 2.55. The van der Waals surface area contributed by atoms with Crippen LogP contribution in [0.25, 0.3) is 5.57 Å². The number of aliphatic carboxylic acids is 2. The third-order valence-electron chi connectivity index (χ3n) is 3.07. The van der Waals surface area contributed by atoms with Crippen LogP contribution in [0.2, 0.25) is 0 Å². The second kappa shape index (κ2) is 4.70. The van der Waals surface area contributed by atoms with Crippen molar-refractivity contribution in [2.24, 2.45) is 5.92 Å². The number of benzene rings is 1. The lowest BCUT2D eigenvalue weighted by Gasteiger charge is -2.31. The number of carbonyl (C=O) groups is 2. The zero-order chi connectivity index (χ0) is 14.0. The van der Waals surface area contributed by atoms with E-state index in [1.54, 1.807) is 30.3 Å². The molecular formula is C14H12O5. The molecule has 1 aromatic rings. The lowest BCUT2D eigenvalue weighted by Crippen LogP contribution is -2.49. The highest BCUT2D eigenvalue weighted by Gasteiger charge is 2.49. The van der Waals surface area contributed by atoms with Gasteiger partial charge in [0.25, 0.3) is 0 Å². The molecule has 0 aromatic heterocycles.